The lowest BCUT2D eigenvalue weighted by Crippen LogP contribution is -2.26. The second-order valence-corrected chi connectivity index (χ2v) is 4.33. The summed E-state index contributed by atoms with van der Waals surface area (Å²) < 4.78 is 5.44. The molecule has 1 aromatic rings. The van der Waals surface area contributed by atoms with E-state index in [-0.39, 0.29) is 6.10 Å². The van der Waals surface area contributed by atoms with Crippen molar-refractivity contribution >= 4 is 23.4 Å². The fourth-order valence-corrected chi connectivity index (χ4v) is 2.27. The molecule has 0 aliphatic carbocycles. The molecule has 1 aromatic heterocycles. The van der Waals surface area contributed by atoms with Crippen molar-refractivity contribution in [1.29, 1.82) is 0 Å². The number of hydrogen-bond donors (Lipinski definition) is 1. The minimum Gasteiger partial charge on any atom is -0.376 e. The Morgan fingerprint density at radius 1 is 1.67 bits per heavy atom. The van der Waals surface area contributed by atoms with Crippen molar-refractivity contribution in [2.45, 2.75) is 18.1 Å². The van der Waals surface area contributed by atoms with Gasteiger partial charge in [0.25, 0.3) is 0 Å². The fraction of sp³-hybridized carbons (Fsp3) is 0.500. The number of thioether (sulfide) groups is 1. The molecule has 2 N–H and O–H groups in total. The number of hydrogen-bond acceptors (Lipinski definition) is 4. The molecule has 5 heteroatoms. The van der Waals surface area contributed by atoms with Crippen LogP contribution in [-0.4, -0.2) is 30.0 Å². The lowest BCUT2D eigenvalue weighted by molar-refractivity contribution is 0.0858. The van der Waals surface area contributed by atoms with Crippen LogP contribution in [0.25, 0.3) is 0 Å². The van der Waals surface area contributed by atoms with Gasteiger partial charge in [-0.1, -0.05) is 11.6 Å². The molecule has 0 radical (unpaired) electrons. The van der Waals surface area contributed by atoms with Crippen LogP contribution in [0, 0.1) is 0 Å². The van der Waals surface area contributed by atoms with Gasteiger partial charge in [-0.2, -0.15) is 0 Å². The third kappa shape index (κ3) is 4.38. The summed E-state index contributed by atoms with van der Waals surface area (Å²) in [6.45, 7) is 3.16. The van der Waals surface area contributed by atoms with Crippen molar-refractivity contribution in [1.82, 2.24) is 4.98 Å². The van der Waals surface area contributed by atoms with E-state index in [1.165, 1.54) is 0 Å². The highest BCUT2D eigenvalue weighted by Crippen LogP contribution is 2.24. The van der Waals surface area contributed by atoms with Crippen LogP contribution in [-0.2, 0) is 4.74 Å². The summed E-state index contributed by atoms with van der Waals surface area (Å²) in [6, 6.07) is 3.64. The van der Waals surface area contributed by atoms with E-state index in [2.05, 4.69) is 4.98 Å². The number of rotatable bonds is 6. The van der Waals surface area contributed by atoms with Gasteiger partial charge in [-0.25, -0.2) is 4.98 Å². The zero-order valence-corrected chi connectivity index (χ0v) is 10.2. The van der Waals surface area contributed by atoms with Gasteiger partial charge < -0.3 is 10.5 Å². The molecular weight excluding hydrogens is 232 g/mol. The monoisotopic (exact) mass is 246 g/mol. The summed E-state index contributed by atoms with van der Waals surface area (Å²) in [5.74, 6) is 0.779. The summed E-state index contributed by atoms with van der Waals surface area (Å²) in [5.41, 5.74) is 5.57. The van der Waals surface area contributed by atoms with Gasteiger partial charge >= 0.3 is 0 Å². The molecule has 0 fully saturated rings. The molecule has 1 heterocycles. The highest BCUT2D eigenvalue weighted by molar-refractivity contribution is 7.99. The SMILES string of the molecule is CCOC(CN)CSc1ncccc1Cl. The van der Waals surface area contributed by atoms with Crippen molar-refractivity contribution in [3.63, 3.8) is 0 Å². The number of ether oxygens (including phenoxy) is 1. The molecule has 3 nitrogen and oxygen atoms in total. The molecule has 1 unspecified atom stereocenters. The standard InChI is InChI=1S/C10H15ClN2OS/c1-2-14-8(6-12)7-15-10-9(11)4-3-5-13-10/h3-5,8H,2,6-7,12H2,1H3. The van der Waals surface area contributed by atoms with E-state index in [1.807, 2.05) is 19.1 Å². The predicted molar refractivity (Wildman–Crippen MR) is 64.4 cm³/mol. The molecule has 0 saturated carbocycles. The van der Waals surface area contributed by atoms with E-state index in [0.717, 1.165) is 10.8 Å². The number of aromatic nitrogens is 1. The van der Waals surface area contributed by atoms with E-state index in [1.54, 1.807) is 18.0 Å². The molecule has 0 spiro atoms. The van der Waals surface area contributed by atoms with E-state index < -0.39 is 0 Å². The third-order valence-corrected chi connectivity index (χ3v) is 3.35. The molecule has 0 aliphatic rings. The Kier molecular flexibility index (Phi) is 6.02. The van der Waals surface area contributed by atoms with Crippen molar-refractivity contribution < 1.29 is 4.74 Å². The maximum absolute atomic E-state index is 5.97. The topological polar surface area (TPSA) is 48.1 Å². The normalized spacial score (nSPS) is 12.7. The van der Waals surface area contributed by atoms with Crippen LogP contribution in [0.15, 0.2) is 23.4 Å². The van der Waals surface area contributed by atoms with E-state index in [0.29, 0.717) is 18.2 Å². The van der Waals surface area contributed by atoms with Crippen LogP contribution in [0.4, 0.5) is 0 Å². The van der Waals surface area contributed by atoms with Gasteiger partial charge in [0, 0.05) is 25.1 Å². The van der Waals surface area contributed by atoms with Gasteiger partial charge in [0.15, 0.2) is 0 Å². The minimum absolute atomic E-state index is 0.0677. The van der Waals surface area contributed by atoms with Crippen LogP contribution in [0.3, 0.4) is 0 Å². The Labute approximate surface area is 99.4 Å². The average Bonchev–Trinajstić information content (AvgIpc) is 2.26. The Morgan fingerprint density at radius 2 is 2.47 bits per heavy atom. The van der Waals surface area contributed by atoms with Crippen molar-refractivity contribution in [2.75, 3.05) is 18.9 Å². The number of pyridine rings is 1. The quantitative estimate of drug-likeness (QED) is 0.782. The van der Waals surface area contributed by atoms with Gasteiger partial charge in [0.2, 0.25) is 0 Å². The van der Waals surface area contributed by atoms with Gasteiger partial charge in [-0.3, -0.25) is 0 Å². The molecule has 1 atom stereocenters. The van der Waals surface area contributed by atoms with Gasteiger partial charge in [0.1, 0.15) is 5.03 Å². The van der Waals surface area contributed by atoms with E-state index in [9.17, 15) is 0 Å². The van der Waals surface area contributed by atoms with Crippen molar-refractivity contribution in [2.24, 2.45) is 5.73 Å². The smallest absolute Gasteiger partial charge is 0.115 e. The van der Waals surface area contributed by atoms with Crippen molar-refractivity contribution in [3.8, 4) is 0 Å². The Bertz CT molecular complexity index is 299. The number of nitrogens with zero attached hydrogens (tertiary/aromatic N) is 1. The molecule has 84 valence electrons. The Hall–Kier alpha value is -0.290. The molecule has 0 bridgehead atoms. The first-order valence-electron chi connectivity index (χ1n) is 4.83. The molecule has 0 saturated heterocycles. The largest absolute Gasteiger partial charge is 0.376 e. The molecule has 0 aromatic carbocycles. The second kappa shape index (κ2) is 7.06. The summed E-state index contributed by atoms with van der Waals surface area (Å²) in [6.07, 6.45) is 1.80. The van der Waals surface area contributed by atoms with Crippen LogP contribution < -0.4 is 5.73 Å². The summed E-state index contributed by atoms with van der Waals surface area (Å²) >= 11 is 7.54. The Morgan fingerprint density at radius 3 is 3.07 bits per heavy atom. The zero-order chi connectivity index (χ0) is 11.1. The molecule has 15 heavy (non-hydrogen) atoms. The fourth-order valence-electron chi connectivity index (χ4n) is 1.07. The second-order valence-electron chi connectivity index (χ2n) is 2.91. The first-order chi connectivity index (χ1) is 7.27. The van der Waals surface area contributed by atoms with Gasteiger partial charge in [-0.15, -0.1) is 11.8 Å². The number of nitrogens with two attached hydrogens (primary N) is 1. The van der Waals surface area contributed by atoms with Gasteiger partial charge in [0.05, 0.1) is 11.1 Å². The zero-order valence-electron chi connectivity index (χ0n) is 8.65. The maximum atomic E-state index is 5.97. The summed E-state index contributed by atoms with van der Waals surface area (Å²) in [5, 5.41) is 1.51. The van der Waals surface area contributed by atoms with Crippen LogP contribution >= 0.6 is 23.4 Å². The first-order valence-corrected chi connectivity index (χ1v) is 6.19. The lowest BCUT2D eigenvalue weighted by atomic mass is 10.4. The lowest BCUT2D eigenvalue weighted by Gasteiger charge is -2.13. The number of halogens is 1. The Balaban J connectivity index is 2.45. The van der Waals surface area contributed by atoms with Crippen LogP contribution in [0.2, 0.25) is 5.02 Å². The highest BCUT2D eigenvalue weighted by Gasteiger charge is 2.08. The molecule has 1 rings (SSSR count). The van der Waals surface area contributed by atoms with Crippen molar-refractivity contribution in [3.05, 3.63) is 23.4 Å². The summed E-state index contributed by atoms with van der Waals surface area (Å²) in [4.78, 5) is 4.18. The van der Waals surface area contributed by atoms with Crippen LogP contribution in [0.5, 0.6) is 0 Å². The van der Waals surface area contributed by atoms with Crippen LogP contribution in [0.1, 0.15) is 6.92 Å². The van der Waals surface area contributed by atoms with E-state index in [4.69, 9.17) is 22.1 Å². The van der Waals surface area contributed by atoms with E-state index >= 15 is 0 Å². The molecule has 0 aliphatic heterocycles. The maximum Gasteiger partial charge on any atom is 0.115 e. The first kappa shape index (κ1) is 12.8. The highest BCUT2D eigenvalue weighted by atomic mass is 35.5. The minimum atomic E-state index is 0.0677. The van der Waals surface area contributed by atoms with Gasteiger partial charge in [-0.05, 0) is 19.1 Å². The molecule has 0 amide bonds. The molecular formula is C10H15ClN2OS. The summed E-state index contributed by atoms with van der Waals surface area (Å²) in [7, 11) is 0. The average molecular weight is 247 g/mol. The predicted octanol–water partition coefficient (Wildman–Crippen LogP) is 2.19. The third-order valence-electron chi connectivity index (χ3n) is 1.80.